The Morgan fingerprint density at radius 1 is 1.44 bits per heavy atom. The van der Waals surface area contributed by atoms with Crippen molar-refractivity contribution in [2.24, 2.45) is 0 Å². The summed E-state index contributed by atoms with van der Waals surface area (Å²) in [6, 6.07) is 9.98. The summed E-state index contributed by atoms with van der Waals surface area (Å²) < 4.78 is 5.01. The normalized spacial score (nSPS) is 20.4. The van der Waals surface area contributed by atoms with Crippen LogP contribution in [0.4, 0.5) is 0 Å². The predicted molar refractivity (Wildman–Crippen MR) is 60.8 cm³/mol. The van der Waals surface area contributed by atoms with Crippen LogP contribution in [0.5, 0.6) is 0 Å². The van der Waals surface area contributed by atoms with Crippen molar-refractivity contribution in [3.05, 3.63) is 35.9 Å². The number of carbonyl (C=O) groups is 1. The second kappa shape index (κ2) is 5.09. The van der Waals surface area contributed by atoms with Crippen molar-refractivity contribution >= 4 is 5.91 Å². The van der Waals surface area contributed by atoms with Gasteiger partial charge in [-0.1, -0.05) is 30.3 Å². The third kappa shape index (κ3) is 2.23. The van der Waals surface area contributed by atoms with E-state index >= 15 is 0 Å². The van der Waals surface area contributed by atoms with Crippen LogP contribution in [-0.4, -0.2) is 37.6 Å². The molecule has 4 nitrogen and oxygen atoms in total. The SMILES string of the molecule is COCCN1C(=O)CNC1c1ccccc1. The summed E-state index contributed by atoms with van der Waals surface area (Å²) in [5, 5.41) is 3.20. The number of benzene rings is 1. The molecule has 1 fully saturated rings. The van der Waals surface area contributed by atoms with Crippen LogP contribution < -0.4 is 5.32 Å². The number of methoxy groups -OCH3 is 1. The molecule has 1 unspecified atom stereocenters. The Morgan fingerprint density at radius 3 is 2.88 bits per heavy atom. The number of hydrogen-bond acceptors (Lipinski definition) is 3. The Bertz CT molecular complexity index is 353. The quantitative estimate of drug-likeness (QED) is 0.814. The maximum Gasteiger partial charge on any atom is 0.238 e. The van der Waals surface area contributed by atoms with Crippen LogP contribution in [-0.2, 0) is 9.53 Å². The van der Waals surface area contributed by atoms with E-state index in [1.165, 1.54) is 0 Å². The zero-order valence-electron chi connectivity index (χ0n) is 9.35. The molecule has 1 heterocycles. The molecule has 1 aromatic carbocycles. The van der Waals surface area contributed by atoms with E-state index in [0.717, 1.165) is 5.56 Å². The summed E-state index contributed by atoms with van der Waals surface area (Å²) in [5.74, 6) is 0.130. The Morgan fingerprint density at radius 2 is 2.19 bits per heavy atom. The Balaban J connectivity index is 2.11. The first kappa shape index (κ1) is 11.1. The lowest BCUT2D eigenvalue weighted by Crippen LogP contribution is -2.33. The molecule has 0 saturated carbocycles. The molecule has 1 aromatic rings. The number of carbonyl (C=O) groups excluding carboxylic acids is 1. The van der Waals surface area contributed by atoms with Gasteiger partial charge in [-0.2, -0.15) is 0 Å². The van der Waals surface area contributed by atoms with Crippen LogP contribution in [0.3, 0.4) is 0 Å². The van der Waals surface area contributed by atoms with Gasteiger partial charge in [-0.25, -0.2) is 0 Å². The van der Waals surface area contributed by atoms with Gasteiger partial charge in [0.2, 0.25) is 5.91 Å². The van der Waals surface area contributed by atoms with E-state index in [4.69, 9.17) is 4.74 Å². The number of rotatable bonds is 4. The van der Waals surface area contributed by atoms with E-state index in [1.54, 1.807) is 7.11 Å². The van der Waals surface area contributed by atoms with E-state index in [1.807, 2.05) is 35.2 Å². The first-order valence-electron chi connectivity index (χ1n) is 5.39. The molecule has 2 rings (SSSR count). The minimum absolute atomic E-state index is 0.0103. The highest BCUT2D eigenvalue weighted by molar-refractivity contribution is 5.80. The Hall–Kier alpha value is -1.39. The molecule has 1 aliphatic heterocycles. The van der Waals surface area contributed by atoms with Gasteiger partial charge in [0.25, 0.3) is 0 Å². The van der Waals surface area contributed by atoms with E-state index in [-0.39, 0.29) is 12.1 Å². The van der Waals surface area contributed by atoms with Crippen molar-refractivity contribution in [2.45, 2.75) is 6.17 Å². The largest absolute Gasteiger partial charge is 0.383 e. The molecule has 1 atom stereocenters. The van der Waals surface area contributed by atoms with Crippen molar-refractivity contribution in [1.82, 2.24) is 10.2 Å². The van der Waals surface area contributed by atoms with Crippen LogP contribution in [0.25, 0.3) is 0 Å². The number of nitrogens with one attached hydrogen (secondary N) is 1. The van der Waals surface area contributed by atoms with Crippen molar-refractivity contribution in [1.29, 1.82) is 0 Å². The van der Waals surface area contributed by atoms with Crippen LogP contribution >= 0.6 is 0 Å². The molecule has 1 aliphatic rings. The van der Waals surface area contributed by atoms with Crippen LogP contribution in [0.15, 0.2) is 30.3 Å². The molecule has 0 aromatic heterocycles. The monoisotopic (exact) mass is 220 g/mol. The molecule has 4 heteroatoms. The molecule has 0 spiro atoms. The highest BCUT2D eigenvalue weighted by atomic mass is 16.5. The summed E-state index contributed by atoms with van der Waals surface area (Å²) in [5.41, 5.74) is 1.12. The average Bonchev–Trinajstić information content (AvgIpc) is 2.69. The van der Waals surface area contributed by atoms with Gasteiger partial charge in [0.1, 0.15) is 6.17 Å². The lowest BCUT2D eigenvalue weighted by atomic mass is 10.1. The van der Waals surface area contributed by atoms with Crippen molar-refractivity contribution in [2.75, 3.05) is 26.8 Å². The smallest absolute Gasteiger partial charge is 0.238 e. The van der Waals surface area contributed by atoms with Gasteiger partial charge in [-0.05, 0) is 5.56 Å². The fraction of sp³-hybridized carbons (Fsp3) is 0.417. The first-order chi connectivity index (χ1) is 7.83. The lowest BCUT2D eigenvalue weighted by molar-refractivity contribution is -0.128. The standard InChI is InChI=1S/C12H16N2O2/c1-16-8-7-14-11(15)9-13-12(14)10-5-3-2-4-6-10/h2-6,12-13H,7-9H2,1H3. The molecule has 16 heavy (non-hydrogen) atoms. The van der Waals surface area contributed by atoms with Gasteiger partial charge in [-0.15, -0.1) is 0 Å². The summed E-state index contributed by atoms with van der Waals surface area (Å²) in [6.07, 6.45) is -0.0103. The Labute approximate surface area is 95.2 Å². The molecule has 1 saturated heterocycles. The predicted octanol–water partition coefficient (Wildman–Crippen LogP) is 0.763. The van der Waals surface area contributed by atoms with Crippen LogP contribution in [0, 0.1) is 0 Å². The van der Waals surface area contributed by atoms with E-state index in [0.29, 0.717) is 19.7 Å². The molecule has 0 radical (unpaired) electrons. The second-order valence-electron chi connectivity index (χ2n) is 3.77. The third-order valence-electron chi connectivity index (χ3n) is 2.73. The molecule has 0 aliphatic carbocycles. The number of nitrogens with zero attached hydrogens (tertiary/aromatic N) is 1. The van der Waals surface area contributed by atoms with Gasteiger partial charge in [0.05, 0.1) is 13.2 Å². The van der Waals surface area contributed by atoms with E-state index < -0.39 is 0 Å². The Kier molecular flexibility index (Phi) is 3.54. The topological polar surface area (TPSA) is 41.6 Å². The fourth-order valence-corrected chi connectivity index (χ4v) is 1.92. The molecule has 1 N–H and O–H groups in total. The third-order valence-corrected chi connectivity index (χ3v) is 2.73. The van der Waals surface area contributed by atoms with E-state index in [9.17, 15) is 4.79 Å². The fourth-order valence-electron chi connectivity index (χ4n) is 1.92. The van der Waals surface area contributed by atoms with Crippen LogP contribution in [0.1, 0.15) is 11.7 Å². The summed E-state index contributed by atoms with van der Waals surface area (Å²) in [4.78, 5) is 13.5. The number of amides is 1. The molecular formula is C12H16N2O2. The van der Waals surface area contributed by atoms with Gasteiger partial charge in [0.15, 0.2) is 0 Å². The van der Waals surface area contributed by atoms with Gasteiger partial charge < -0.3 is 9.64 Å². The maximum absolute atomic E-state index is 11.7. The second-order valence-corrected chi connectivity index (χ2v) is 3.77. The number of ether oxygens (including phenoxy) is 1. The lowest BCUT2D eigenvalue weighted by Gasteiger charge is -2.24. The molecule has 86 valence electrons. The molecular weight excluding hydrogens is 204 g/mol. The maximum atomic E-state index is 11.7. The van der Waals surface area contributed by atoms with Gasteiger partial charge in [0, 0.05) is 13.7 Å². The molecule has 1 amide bonds. The molecule has 0 bridgehead atoms. The minimum Gasteiger partial charge on any atom is -0.383 e. The minimum atomic E-state index is -0.0103. The van der Waals surface area contributed by atoms with Gasteiger partial charge >= 0.3 is 0 Å². The average molecular weight is 220 g/mol. The highest BCUT2D eigenvalue weighted by Crippen LogP contribution is 2.21. The zero-order chi connectivity index (χ0) is 11.4. The number of hydrogen-bond donors (Lipinski definition) is 1. The van der Waals surface area contributed by atoms with Crippen molar-refractivity contribution < 1.29 is 9.53 Å². The first-order valence-corrected chi connectivity index (χ1v) is 5.39. The van der Waals surface area contributed by atoms with Crippen molar-refractivity contribution in [3.63, 3.8) is 0 Å². The highest BCUT2D eigenvalue weighted by Gasteiger charge is 2.30. The van der Waals surface area contributed by atoms with Crippen molar-refractivity contribution in [3.8, 4) is 0 Å². The van der Waals surface area contributed by atoms with Crippen LogP contribution in [0.2, 0.25) is 0 Å². The zero-order valence-corrected chi connectivity index (χ0v) is 9.35. The summed E-state index contributed by atoms with van der Waals surface area (Å²) >= 11 is 0. The van der Waals surface area contributed by atoms with E-state index in [2.05, 4.69) is 5.32 Å². The summed E-state index contributed by atoms with van der Waals surface area (Å²) in [6.45, 7) is 1.60. The summed E-state index contributed by atoms with van der Waals surface area (Å²) in [7, 11) is 1.64. The van der Waals surface area contributed by atoms with Gasteiger partial charge in [-0.3, -0.25) is 10.1 Å².